The lowest BCUT2D eigenvalue weighted by Crippen LogP contribution is -2.28. The largest absolute Gasteiger partial charge is 0.375 e. The Hall–Kier alpha value is -0.680. The molecule has 0 aromatic rings. The smallest absolute Gasteiger partial charge is 0.104 e. The summed E-state index contributed by atoms with van der Waals surface area (Å²) in [5, 5.41) is 0. The minimum absolute atomic E-state index is 0.176. The highest BCUT2D eigenvalue weighted by molar-refractivity contribution is 5.30. The molecule has 0 amide bonds. The van der Waals surface area contributed by atoms with E-state index >= 15 is 0 Å². The summed E-state index contributed by atoms with van der Waals surface area (Å²) in [4.78, 5) is 0. The van der Waals surface area contributed by atoms with E-state index in [0.717, 1.165) is 65.0 Å². The summed E-state index contributed by atoms with van der Waals surface area (Å²) >= 11 is 0. The predicted octanol–water partition coefficient (Wildman–Crippen LogP) is 3.80. The van der Waals surface area contributed by atoms with Crippen molar-refractivity contribution in [3.8, 4) is 0 Å². The van der Waals surface area contributed by atoms with Crippen LogP contribution in [-0.4, -0.2) is 50.8 Å². The molecule has 0 radical (unpaired) electrons. The van der Waals surface area contributed by atoms with Crippen LogP contribution >= 0.6 is 0 Å². The van der Waals surface area contributed by atoms with Crippen molar-refractivity contribution in [1.29, 1.82) is 0 Å². The van der Waals surface area contributed by atoms with Gasteiger partial charge in [-0.05, 0) is 38.5 Å². The summed E-state index contributed by atoms with van der Waals surface area (Å²) < 4.78 is 22.4. The van der Waals surface area contributed by atoms with E-state index in [2.05, 4.69) is 26.0 Å². The molecule has 0 saturated carbocycles. The molecule has 0 spiro atoms. The average Bonchev–Trinajstić information content (AvgIpc) is 3.54. The summed E-state index contributed by atoms with van der Waals surface area (Å²) in [5.74, 6) is 0. The molecule has 4 heteroatoms. The van der Waals surface area contributed by atoms with Crippen LogP contribution in [-0.2, 0) is 18.9 Å². The lowest BCUT2D eigenvalue weighted by atomic mass is 9.70. The maximum absolute atomic E-state index is 5.97. The van der Waals surface area contributed by atoms with Crippen LogP contribution in [0, 0.1) is 5.41 Å². The monoisotopic (exact) mass is 348 g/mol. The highest BCUT2D eigenvalue weighted by Gasteiger charge is 2.33. The number of allylic oxidation sites excluding steroid dienone is 2. The summed E-state index contributed by atoms with van der Waals surface area (Å²) in [7, 11) is 0. The highest BCUT2D eigenvalue weighted by Crippen LogP contribution is 2.44. The van der Waals surface area contributed by atoms with Crippen molar-refractivity contribution in [3.63, 3.8) is 0 Å². The van der Waals surface area contributed by atoms with Crippen molar-refractivity contribution in [2.24, 2.45) is 5.41 Å². The Morgan fingerprint density at radius 1 is 0.880 bits per heavy atom. The van der Waals surface area contributed by atoms with E-state index in [0.29, 0.717) is 24.4 Å². The van der Waals surface area contributed by atoms with Gasteiger partial charge in [-0.2, -0.15) is 0 Å². The van der Waals surface area contributed by atoms with Crippen LogP contribution in [0.4, 0.5) is 0 Å². The number of rotatable bonds is 8. The second-order valence-corrected chi connectivity index (χ2v) is 8.45. The van der Waals surface area contributed by atoms with Crippen LogP contribution in [0.2, 0.25) is 0 Å². The molecule has 4 unspecified atom stereocenters. The van der Waals surface area contributed by atoms with E-state index in [4.69, 9.17) is 18.9 Å². The van der Waals surface area contributed by atoms with Crippen molar-refractivity contribution in [1.82, 2.24) is 0 Å². The second kappa shape index (κ2) is 7.51. The molecule has 4 atom stereocenters. The summed E-state index contributed by atoms with van der Waals surface area (Å²) in [6.07, 6.45) is 13.1. The summed E-state index contributed by atoms with van der Waals surface area (Å²) in [5.41, 5.74) is 3.36. The Labute approximate surface area is 151 Å². The number of hydrogen-bond donors (Lipinski definition) is 0. The number of ether oxygens (including phenoxy) is 4. The Kier molecular flexibility index (Phi) is 5.33. The van der Waals surface area contributed by atoms with Crippen LogP contribution in [0.1, 0.15) is 52.4 Å². The highest BCUT2D eigenvalue weighted by atomic mass is 16.6. The predicted molar refractivity (Wildman–Crippen MR) is 96.6 cm³/mol. The van der Waals surface area contributed by atoms with Crippen molar-refractivity contribution < 1.29 is 18.9 Å². The third-order valence-electron chi connectivity index (χ3n) is 6.17. The van der Waals surface area contributed by atoms with Gasteiger partial charge in [-0.1, -0.05) is 37.1 Å². The van der Waals surface area contributed by atoms with Crippen molar-refractivity contribution in [2.45, 2.75) is 76.8 Å². The zero-order valence-corrected chi connectivity index (χ0v) is 15.7. The van der Waals surface area contributed by atoms with Gasteiger partial charge in [-0.15, -0.1) is 0 Å². The molecule has 2 aliphatic heterocycles. The second-order valence-electron chi connectivity index (χ2n) is 8.45. The molecule has 0 bridgehead atoms. The minimum atomic E-state index is 0.176. The van der Waals surface area contributed by atoms with Gasteiger partial charge in [-0.25, -0.2) is 0 Å². The summed E-state index contributed by atoms with van der Waals surface area (Å²) in [6.45, 7) is 8.10. The number of hydrogen-bond acceptors (Lipinski definition) is 4. The van der Waals surface area contributed by atoms with Crippen LogP contribution < -0.4 is 0 Å². The fourth-order valence-electron chi connectivity index (χ4n) is 4.08. The van der Waals surface area contributed by atoms with E-state index in [1.807, 2.05) is 0 Å². The lowest BCUT2D eigenvalue weighted by Gasteiger charge is -2.37. The first-order chi connectivity index (χ1) is 12.1. The zero-order valence-electron chi connectivity index (χ0n) is 15.7. The fraction of sp³-hybridized carbons (Fsp3) is 0.810. The first-order valence-electron chi connectivity index (χ1n) is 9.96. The molecule has 0 N–H and O–H groups in total. The molecule has 4 rings (SSSR count). The van der Waals surface area contributed by atoms with Crippen LogP contribution in [0.5, 0.6) is 0 Å². The fourth-order valence-corrected chi connectivity index (χ4v) is 4.08. The van der Waals surface area contributed by atoms with Gasteiger partial charge in [0.25, 0.3) is 0 Å². The Morgan fingerprint density at radius 3 is 1.64 bits per heavy atom. The maximum Gasteiger partial charge on any atom is 0.104 e. The van der Waals surface area contributed by atoms with E-state index < -0.39 is 0 Å². The minimum Gasteiger partial charge on any atom is -0.375 e. The van der Waals surface area contributed by atoms with E-state index in [1.165, 1.54) is 0 Å². The van der Waals surface area contributed by atoms with Crippen molar-refractivity contribution in [2.75, 3.05) is 26.4 Å². The molecule has 4 aliphatic rings. The molecule has 4 nitrogen and oxygen atoms in total. The van der Waals surface area contributed by atoms with Crippen LogP contribution in [0.15, 0.2) is 23.3 Å². The number of epoxide rings is 2. The first kappa shape index (κ1) is 17.7. The van der Waals surface area contributed by atoms with Gasteiger partial charge in [0.2, 0.25) is 0 Å². The third kappa shape index (κ3) is 4.73. The van der Waals surface area contributed by atoms with Crippen molar-refractivity contribution >= 4 is 0 Å². The molecule has 2 saturated heterocycles. The van der Waals surface area contributed by atoms with E-state index in [-0.39, 0.29) is 5.41 Å². The molecular weight excluding hydrogens is 316 g/mol. The molecule has 2 aliphatic carbocycles. The van der Waals surface area contributed by atoms with Crippen molar-refractivity contribution in [3.05, 3.63) is 23.3 Å². The molecule has 140 valence electrons. The first-order valence-corrected chi connectivity index (χ1v) is 9.96. The molecule has 0 aromatic heterocycles. The molecule has 25 heavy (non-hydrogen) atoms. The Bertz CT molecular complexity index is 482. The van der Waals surface area contributed by atoms with Gasteiger partial charge in [0.1, 0.15) is 12.2 Å². The normalized spacial score (nSPS) is 35.1. The van der Waals surface area contributed by atoms with Crippen LogP contribution in [0.25, 0.3) is 0 Å². The lowest BCUT2D eigenvalue weighted by molar-refractivity contribution is 0.0334. The quantitative estimate of drug-likeness (QED) is 0.494. The van der Waals surface area contributed by atoms with Gasteiger partial charge < -0.3 is 18.9 Å². The Balaban J connectivity index is 1.28. The SMILES string of the molecule is CC(C)(C1=CCC(OCC2CO2)CC1)C1=CCC(OCC2CO2)CC1. The van der Waals surface area contributed by atoms with Gasteiger partial charge in [0, 0.05) is 5.41 Å². The molecule has 2 fully saturated rings. The maximum atomic E-state index is 5.97. The summed E-state index contributed by atoms with van der Waals surface area (Å²) in [6, 6.07) is 0. The third-order valence-corrected chi connectivity index (χ3v) is 6.17. The zero-order chi connectivity index (χ0) is 17.3. The van der Waals surface area contributed by atoms with Gasteiger partial charge in [0.05, 0.1) is 38.6 Å². The van der Waals surface area contributed by atoms with Gasteiger partial charge in [0.15, 0.2) is 0 Å². The van der Waals surface area contributed by atoms with Gasteiger partial charge >= 0.3 is 0 Å². The Morgan fingerprint density at radius 2 is 1.32 bits per heavy atom. The van der Waals surface area contributed by atoms with Crippen LogP contribution in [0.3, 0.4) is 0 Å². The average molecular weight is 348 g/mol. The van der Waals surface area contributed by atoms with E-state index in [9.17, 15) is 0 Å². The van der Waals surface area contributed by atoms with Gasteiger partial charge in [-0.3, -0.25) is 0 Å². The molecule has 0 aromatic carbocycles. The van der Waals surface area contributed by atoms with E-state index in [1.54, 1.807) is 11.1 Å². The molecular formula is C21H32O4. The molecule has 2 heterocycles. The topological polar surface area (TPSA) is 43.5 Å². The standard InChI is InChI=1S/C21H32O4/c1-21(2,15-3-7-17(8-4-15)22-11-19-13-24-19)16-5-9-18(10-6-16)23-12-20-14-25-20/h3,5,17-20H,4,6-14H2,1-2H3.